The van der Waals surface area contributed by atoms with Gasteiger partial charge in [-0.2, -0.15) is 0 Å². The van der Waals surface area contributed by atoms with Gasteiger partial charge in [0.15, 0.2) is 0 Å². The van der Waals surface area contributed by atoms with Crippen LogP contribution in [0.4, 0.5) is 0 Å². The molecule has 5 nitrogen and oxygen atoms in total. The van der Waals surface area contributed by atoms with E-state index in [0.717, 1.165) is 5.56 Å². The SMILES string of the molecule is COc1ccc(OC)c(CNS(=O)(=O)c2ccccc2-c2ccccc2)c1. The fourth-order valence-electron chi connectivity index (χ4n) is 2.83. The third kappa shape index (κ3) is 4.30. The third-order valence-corrected chi connectivity index (χ3v) is 5.66. The van der Waals surface area contributed by atoms with Gasteiger partial charge in [0.1, 0.15) is 11.5 Å². The topological polar surface area (TPSA) is 64.6 Å². The normalized spacial score (nSPS) is 11.2. The van der Waals surface area contributed by atoms with E-state index < -0.39 is 10.0 Å². The monoisotopic (exact) mass is 383 g/mol. The number of ether oxygens (including phenoxy) is 2. The minimum Gasteiger partial charge on any atom is -0.497 e. The predicted octanol–water partition coefficient (Wildman–Crippen LogP) is 3.85. The van der Waals surface area contributed by atoms with Crippen LogP contribution in [0.3, 0.4) is 0 Å². The second-order valence-corrected chi connectivity index (χ2v) is 7.60. The Kier molecular flexibility index (Phi) is 5.78. The Morgan fingerprint density at radius 3 is 2.26 bits per heavy atom. The number of nitrogens with one attached hydrogen (secondary N) is 1. The maximum atomic E-state index is 13.0. The molecule has 1 N–H and O–H groups in total. The Balaban J connectivity index is 1.91. The lowest BCUT2D eigenvalue weighted by Crippen LogP contribution is -2.24. The van der Waals surface area contributed by atoms with Crippen LogP contribution in [0.5, 0.6) is 11.5 Å². The van der Waals surface area contributed by atoms with Crippen LogP contribution < -0.4 is 14.2 Å². The molecule has 3 aromatic rings. The van der Waals surface area contributed by atoms with Gasteiger partial charge in [0, 0.05) is 17.7 Å². The van der Waals surface area contributed by atoms with Crippen LogP contribution in [0, 0.1) is 0 Å². The second kappa shape index (κ2) is 8.24. The lowest BCUT2D eigenvalue weighted by Gasteiger charge is -2.14. The van der Waals surface area contributed by atoms with Gasteiger partial charge >= 0.3 is 0 Å². The highest BCUT2D eigenvalue weighted by Gasteiger charge is 2.19. The van der Waals surface area contributed by atoms with E-state index in [0.29, 0.717) is 22.6 Å². The molecule has 0 amide bonds. The van der Waals surface area contributed by atoms with Gasteiger partial charge in [0.05, 0.1) is 19.1 Å². The summed E-state index contributed by atoms with van der Waals surface area (Å²) < 4.78 is 39.1. The summed E-state index contributed by atoms with van der Waals surface area (Å²) >= 11 is 0. The Morgan fingerprint density at radius 1 is 0.852 bits per heavy atom. The summed E-state index contributed by atoms with van der Waals surface area (Å²) in [5.41, 5.74) is 2.19. The van der Waals surface area contributed by atoms with Crippen molar-refractivity contribution in [3.05, 3.63) is 78.4 Å². The summed E-state index contributed by atoms with van der Waals surface area (Å²) in [7, 11) is -0.621. The van der Waals surface area contributed by atoms with Gasteiger partial charge in [0.2, 0.25) is 10.0 Å². The molecule has 0 aliphatic rings. The molecule has 140 valence electrons. The summed E-state index contributed by atoms with van der Waals surface area (Å²) in [4.78, 5) is 0.234. The lowest BCUT2D eigenvalue weighted by atomic mass is 10.1. The highest BCUT2D eigenvalue weighted by molar-refractivity contribution is 7.89. The van der Waals surface area contributed by atoms with Crippen molar-refractivity contribution < 1.29 is 17.9 Å². The van der Waals surface area contributed by atoms with Crippen LogP contribution >= 0.6 is 0 Å². The molecule has 0 bridgehead atoms. The van der Waals surface area contributed by atoms with E-state index in [1.807, 2.05) is 36.4 Å². The highest BCUT2D eigenvalue weighted by atomic mass is 32.2. The molecule has 0 aromatic heterocycles. The van der Waals surface area contributed by atoms with E-state index >= 15 is 0 Å². The van der Waals surface area contributed by atoms with E-state index in [2.05, 4.69) is 4.72 Å². The molecule has 0 aliphatic heterocycles. The zero-order chi connectivity index (χ0) is 19.3. The molecule has 0 heterocycles. The van der Waals surface area contributed by atoms with Gasteiger partial charge in [-0.1, -0.05) is 48.5 Å². The minimum absolute atomic E-state index is 0.0891. The van der Waals surface area contributed by atoms with Crippen LogP contribution in [-0.2, 0) is 16.6 Å². The van der Waals surface area contributed by atoms with Crippen LogP contribution in [-0.4, -0.2) is 22.6 Å². The number of benzene rings is 3. The molecule has 0 spiro atoms. The number of hydrogen-bond donors (Lipinski definition) is 1. The molecule has 0 aliphatic carbocycles. The molecule has 0 saturated carbocycles. The number of sulfonamides is 1. The molecular formula is C21H21NO4S. The summed E-state index contributed by atoms with van der Waals surface area (Å²) in [5.74, 6) is 1.23. The first-order valence-corrected chi connectivity index (χ1v) is 9.88. The zero-order valence-corrected chi connectivity index (χ0v) is 16.0. The average molecular weight is 383 g/mol. The summed E-state index contributed by atoms with van der Waals surface area (Å²) in [6.07, 6.45) is 0. The summed E-state index contributed by atoms with van der Waals surface area (Å²) in [6, 6.07) is 21.7. The molecule has 0 radical (unpaired) electrons. The van der Waals surface area contributed by atoms with E-state index in [1.54, 1.807) is 50.6 Å². The molecule has 6 heteroatoms. The van der Waals surface area contributed by atoms with Crippen molar-refractivity contribution in [2.75, 3.05) is 14.2 Å². The number of rotatable bonds is 7. The van der Waals surface area contributed by atoms with E-state index in [1.165, 1.54) is 0 Å². The predicted molar refractivity (Wildman–Crippen MR) is 105 cm³/mol. The Labute approximate surface area is 159 Å². The molecule has 0 unspecified atom stereocenters. The maximum absolute atomic E-state index is 13.0. The van der Waals surface area contributed by atoms with Gasteiger partial charge in [-0.3, -0.25) is 0 Å². The lowest BCUT2D eigenvalue weighted by molar-refractivity contribution is 0.398. The van der Waals surface area contributed by atoms with Crippen LogP contribution in [0.25, 0.3) is 11.1 Å². The van der Waals surface area contributed by atoms with Crippen LogP contribution in [0.15, 0.2) is 77.7 Å². The van der Waals surface area contributed by atoms with Gasteiger partial charge in [-0.15, -0.1) is 0 Å². The molecular weight excluding hydrogens is 362 g/mol. The van der Waals surface area contributed by atoms with Crippen molar-refractivity contribution >= 4 is 10.0 Å². The van der Waals surface area contributed by atoms with Gasteiger partial charge in [0.25, 0.3) is 0 Å². The van der Waals surface area contributed by atoms with E-state index in [4.69, 9.17) is 9.47 Å². The quantitative estimate of drug-likeness (QED) is 0.673. The second-order valence-electron chi connectivity index (χ2n) is 5.86. The Hall–Kier alpha value is -2.83. The van der Waals surface area contributed by atoms with E-state index in [9.17, 15) is 8.42 Å². The van der Waals surface area contributed by atoms with Crippen molar-refractivity contribution in [3.8, 4) is 22.6 Å². The maximum Gasteiger partial charge on any atom is 0.241 e. The van der Waals surface area contributed by atoms with Crippen LogP contribution in [0.1, 0.15) is 5.56 Å². The standard InChI is InChI=1S/C21H21NO4S/c1-25-18-12-13-20(26-2)17(14-18)15-22-27(23,24)21-11-7-6-10-19(21)16-8-4-3-5-9-16/h3-14,22H,15H2,1-2H3. The zero-order valence-electron chi connectivity index (χ0n) is 15.2. The van der Waals surface area contributed by atoms with Crippen molar-refractivity contribution in [3.63, 3.8) is 0 Å². The molecule has 27 heavy (non-hydrogen) atoms. The number of hydrogen-bond acceptors (Lipinski definition) is 4. The van der Waals surface area contributed by atoms with Crippen molar-refractivity contribution in [2.24, 2.45) is 0 Å². The van der Waals surface area contributed by atoms with Crippen LogP contribution in [0.2, 0.25) is 0 Å². The average Bonchev–Trinajstić information content (AvgIpc) is 2.72. The minimum atomic E-state index is -3.73. The first kappa shape index (κ1) is 18.9. The van der Waals surface area contributed by atoms with E-state index in [-0.39, 0.29) is 11.4 Å². The van der Waals surface area contributed by atoms with Gasteiger partial charge < -0.3 is 9.47 Å². The highest BCUT2D eigenvalue weighted by Crippen LogP contribution is 2.28. The number of methoxy groups -OCH3 is 2. The molecule has 0 fully saturated rings. The molecule has 3 rings (SSSR count). The first-order chi connectivity index (χ1) is 13.0. The largest absolute Gasteiger partial charge is 0.497 e. The smallest absolute Gasteiger partial charge is 0.241 e. The van der Waals surface area contributed by atoms with Gasteiger partial charge in [-0.25, -0.2) is 13.1 Å². The summed E-state index contributed by atoms with van der Waals surface area (Å²) in [5, 5.41) is 0. The molecule has 3 aromatic carbocycles. The van der Waals surface area contributed by atoms with Crippen molar-refractivity contribution in [1.29, 1.82) is 0 Å². The Bertz CT molecular complexity index is 1020. The molecule has 0 saturated heterocycles. The van der Waals surface area contributed by atoms with Crippen molar-refractivity contribution in [2.45, 2.75) is 11.4 Å². The third-order valence-electron chi connectivity index (χ3n) is 4.20. The van der Waals surface area contributed by atoms with Gasteiger partial charge in [-0.05, 0) is 29.8 Å². The first-order valence-electron chi connectivity index (χ1n) is 8.40. The molecule has 0 atom stereocenters. The fraction of sp³-hybridized carbons (Fsp3) is 0.143. The summed E-state index contributed by atoms with van der Waals surface area (Å²) in [6.45, 7) is 0.0891. The van der Waals surface area contributed by atoms with Crippen molar-refractivity contribution in [1.82, 2.24) is 4.72 Å². The fourth-order valence-corrected chi connectivity index (χ4v) is 4.06. The Morgan fingerprint density at radius 2 is 1.56 bits per heavy atom.